The van der Waals surface area contributed by atoms with Crippen LogP contribution in [0.5, 0.6) is 17.2 Å². The number of hydrogen-bond donors (Lipinski definition) is 1. The van der Waals surface area contributed by atoms with Crippen LogP contribution in [0.2, 0.25) is 5.02 Å². The van der Waals surface area contributed by atoms with Crippen molar-refractivity contribution >= 4 is 39.0 Å². The fourth-order valence-corrected chi connectivity index (χ4v) is 4.60. The topological polar surface area (TPSA) is 117 Å². The van der Waals surface area contributed by atoms with Gasteiger partial charge in [0.2, 0.25) is 10.0 Å². The Kier molecular flexibility index (Phi) is 7.62. The van der Waals surface area contributed by atoms with E-state index >= 15 is 0 Å². The van der Waals surface area contributed by atoms with Gasteiger partial charge in [-0.25, -0.2) is 18.1 Å². The van der Waals surface area contributed by atoms with Crippen LogP contribution in [0, 0.1) is 11.3 Å². The monoisotopic (exact) mass is 533 g/mol. The standard InChI is InChI=1S/C23H21Cl2N5O4S/c1-35(31,32)29-17-13-30(14-17)22-12-27-21(11-28-22)15-2-4-18(5-3-15)34-19-8-16(10-26)23(20(25)9-19)33-7-6-24/h2-5,8-9,11-12,17,29H,6-7,13-14H2,1H3. The van der Waals surface area contributed by atoms with Crippen molar-refractivity contribution in [2.75, 3.05) is 36.7 Å². The Balaban J connectivity index is 1.40. The van der Waals surface area contributed by atoms with Gasteiger partial charge in [-0.2, -0.15) is 5.26 Å². The van der Waals surface area contributed by atoms with Crippen molar-refractivity contribution in [3.05, 3.63) is 59.4 Å². The molecule has 1 aliphatic rings. The molecule has 12 heteroatoms. The summed E-state index contributed by atoms with van der Waals surface area (Å²) in [6.07, 6.45) is 4.48. The van der Waals surface area contributed by atoms with E-state index in [9.17, 15) is 13.7 Å². The highest BCUT2D eigenvalue weighted by molar-refractivity contribution is 7.88. The van der Waals surface area contributed by atoms with Crippen molar-refractivity contribution < 1.29 is 17.9 Å². The van der Waals surface area contributed by atoms with E-state index in [0.29, 0.717) is 36.1 Å². The predicted molar refractivity (Wildman–Crippen MR) is 134 cm³/mol. The second-order valence-electron chi connectivity index (χ2n) is 7.81. The molecule has 0 aliphatic carbocycles. The number of halogens is 2. The molecule has 1 fully saturated rings. The third-order valence-corrected chi connectivity index (χ3v) is 6.27. The van der Waals surface area contributed by atoms with Gasteiger partial charge in [0.05, 0.1) is 46.9 Å². The number of rotatable bonds is 9. The Morgan fingerprint density at radius 1 is 1.17 bits per heavy atom. The quantitative estimate of drug-likeness (QED) is 0.412. The van der Waals surface area contributed by atoms with Crippen LogP contribution in [-0.2, 0) is 10.0 Å². The van der Waals surface area contributed by atoms with Gasteiger partial charge < -0.3 is 14.4 Å². The van der Waals surface area contributed by atoms with E-state index in [1.165, 1.54) is 0 Å². The minimum absolute atomic E-state index is 0.118. The van der Waals surface area contributed by atoms with Crippen LogP contribution in [0.1, 0.15) is 5.56 Å². The molecule has 2 aromatic carbocycles. The average Bonchev–Trinajstić information content (AvgIpc) is 2.80. The lowest BCUT2D eigenvalue weighted by Crippen LogP contribution is -2.59. The molecule has 4 rings (SSSR count). The number of nitrogens with zero attached hydrogens (tertiary/aromatic N) is 4. The molecule has 9 nitrogen and oxygen atoms in total. The molecule has 2 heterocycles. The lowest BCUT2D eigenvalue weighted by Gasteiger charge is -2.39. The number of sulfonamides is 1. The van der Waals surface area contributed by atoms with E-state index in [1.54, 1.807) is 36.7 Å². The molecule has 0 saturated carbocycles. The zero-order valence-electron chi connectivity index (χ0n) is 18.6. The molecule has 0 unspecified atom stereocenters. The van der Waals surface area contributed by atoms with E-state index in [1.807, 2.05) is 17.0 Å². The molecule has 1 aliphatic heterocycles. The summed E-state index contributed by atoms with van der Waals surface area (Å²) in [5.41, 5.74) is 1.78. The highest BCUT2D eigenvalue weighted by Crippen LogP contribution is 2.35. The number of anilines is 1. The maximum Gasteiger partial charge on any atom is 0.209 e. The van der Waals surface area contributed by atoms with E-state index in [4.69, 9.17) is 32.7 Å². The largest absolute Gasteiger partial charge is 0.489 e. The molecule has 1 saturated heterocycles. The van der Waals surface area contributed by atoms with Crippen LogP contribution in [0.4, 0.5) is 5.82 Å². The van der Waals surface area contributed by atoms with Gasteiger partial charge in [-0.1, -0.05) is 11.6 Å². The highest BCUT2D eigenvalue weighted by Gasteiger charge is 2.30. The molecule has 0 radical (unpaired) electrons. The second kappa shape index (κ2) is 10.7. The van der Waals surface area contributed by atoms with Crippen LogP contribution in [0.15, 0.2) is 48.8 Å². The van der Waals surface area contributed by atoms with Crippen molar-refractivity contribution in [3.63, 3.8) is 0 Å². The lowest BCUT2D eigenvalue weighted by atomic mass is 10.1. The van der Waals surface area contributed by atoms with E-state index in [2.05, 4.69) is 20.8 Å². The molecule has 35 heavy (non-hydrogen) atoms. The first-order valence-electron chi connectivity index (χ1n) is 10.5. The summed E-state index contributed by atoms with van der Waals surface area (Å²) in [6, 6.07) is 12.3. The SMILES string of the molecule is CS(=O)(=O)NC1CN(c2cnc(-c3ccc(Oc4cc(Cl)c(OCCCl)c(C#N)c4)cc3)cn2)C1. The fourth-order valence-electron chi connectivity index (χ4n) is 3.50. The summed E-state index contributed by atoms with van der Waals surface area (Å²) in [6.45, 7) is 1.33. The smallest absolute Gasteiger partial charge is 0.209 e. The minimum atomic E-state index is -3.22. The van der Waals surface area contributed by atoms with Crippen molar-refractivity contribution in [1.82, 2.24) is 14.7 Å². The molecule has 1 aromatic heterocycles. The van der Waals surface area contributed by atoms with E-state index < -0.39 is 10.0 Å². The number of ether oxygens (including phenoxy) is 2. The van der Waals surface area contributed by atoms with Crippen molar-refractivity contribution in [3.8, 4) is 34.6 Å². The van der Waals surface area contributed by atoms with Gasteiger partial charge in [-0.05, 0) is 24.3 Å². The van der Waals surface area contributed by atoms with Gasteiger partial charge in [-0.15, -0.1) is 11.6 Å². The molecule has 0 spiro atoms. The van der Waals surface area contributed by atoms with Crippen LogP contribution < -0.4 is 19.1 Å². The summed E-state index contributed by atoms with van der Waals surface area (Å²) >= 11 is 11.9. The van der Waals surface area contributed by atoms with Crippen LogP contribution >= 0.6 is 23.2 Å². The molecule has 182 valence electrons. The van der Waals surface area contributed by atoms with Crippen LogP contribution in [-0.4, -0.2) is 56.3 Å². The second-order valence-corrected chi connectivity index (χ2v) is 10.4. The summed E-state index contributed by atoms with van der Waals surface area (Å²) in [4.78, 5) is 10.9. The van der Waals surface area contributed by atoms with Gasteiger partial charge in [0.1, 0.15) is 30.0 Å². The van der Waals surface area contributed by atoms with E-state index in [0.717, 1.165) is 11.8 Å². The maximum absolute atomic E-state index is 11.3. The normalized spacial score (nSPS) is 13.7. The first kappa shape index (κ1) is 25.0. The first-order chi connectivity index (χ1) is 16.8. The number of aromatic nitrogens is 2. The molecule has 0 atom stereocenters. The molecule has 0 bridgehead atoms. The Hall–Kier alpha value is -3.10. The Bertz CT molecular complexity index is 1340. The summed E-state index contributed by atoms with van der Waals surface area (Å²) in [5, 5.41) is 9.67. The maximum atomic E-state index is 11.3. The third-order valence-electron chi connectivity index (χ3n) is 5.07. The minimum Gasteiger partial charge on any atom is -0.489 e. The summed E-state index contributed by atoms with van der Waals surface area (Å²) in [5.74, 6) is 2.20. The molecule has 1 N–H and O–H groups in total. The number of nitriles is 1. The van der Waals surface area contributed by atoms with Crippen molar-refractivity contribution in [2.45, 2.75) is 6.04 Å². The van der Waals surface area contributed by atoms with Gasteiger partial charge in [0.15, 0.2) is 5.75 Å². The Morgan fingerprint density at radius 2 is 1.91 bits per heavy atom. The zero-order valence-corrected chi connectivity index (χ0v) is 20.9. The Labute approximate surface area is 213 Å². The number of benzene rings is 2. The number of nitrogens with one attached hydrogen (secondary N) is 1. The number of alkyl halides is 1. The predicted octanol–water partition coefficient (Wildman–Crippen LogP) is 3.82. The molecule has 3 aromatic rings. The summed E-state index contributed by atoms with van der Waals surface area (Å²) < 4.78 is 36.5. The average molecular weight is 534 g/mol. The van der Waals surface area contributed by atoms with Gasteiger partial charge in [0, 0.05) is 30.8 Å². The first-order valence-corrected chi connectivity index (χ1v) is 13.3. The van der Waals surface area contributed by atoms with Crippen LogP contribution in [0.3, 0.4) is 0 Å². The summed E-state index contributed by atoms with van der Waals surface area (Å²) in [7, 11) is -3.22. The van der Waals surface area contributed by atoms with Gasteiger partial charge in [-0.3, -0.25) is 4.98 Å². The van der Waals surface area contributed by atoms with Gasteiger partial charge >= 0.3 is 0 Å². The lowest BCUT2D eigenvalue weighted by molar-refractivity contribution is 0.341. The Morgan fingerprint density at radius 3 is 2.51 bits per heavy atom. The van der Waals surface area contributed by atoms with E-state index in [-0.39, 0.29) is 34.9 Å². The van der Waals surface area contributed by atoms with Crippen LogP contribution in [0.25, 0.3) is 11.3 Å². The van der Waals surface area contributed by atoms with Crippen molar-refractivity contribution in [2.24, 2.45) is 0 Å². The fraction of sp³-hybridized carbons (Fsp3) is 0.261. The van der Waals surface area contributed by atoms with Gasteiger partial charge in [0.25, 0.3) is 0 Å². The van der Waals surface area contributed by atoms with Crippen molar-refractivity contribution in [1.29, 1.82) is 5.26 Å². The molecular formula is C23H21Cl2N5O4S. The highest BCUT2D eigenvalue weighted by atomic mass is 35.5. The number of hydrogen-bond acceptors (Lipinski definition) is 8. The zero-order chi connectivity index (χ0) is 25.0. The molecule has 0 amide bonds. The molecular weight excluding hydrogens is 513 g/mol. The third kappa shape index (κ3) is 6.32.